The van der Waals surface area contributed by atoms with Gasteiger partial charge in [-0.15, -0.1) is 0 Å². The molecule has 122 valence electrons. The first-order chi connectivity index (χ1) is 11.8. The van der Waals surface area contributed by atoms with Crippen LogP contribution in [0.3, 0.4) is 0 Å². The van der Waals surface area contributed by atoms with Gasteiger partial charge in [-0.3, -0.25) is 0 Å². The number of aromatic amines is 1. The minimum atomic E-state index is 0.512. The van der Waals surface area contributed by atoms with E-state index in [4.69, 9.17) is 11.6 Å². The Morgan fingerprint density at radius 2 is 1.96 bits per heavy atom. The van der Waals surface area contributed by atoms with Crippen molar-refractivity contribution in [2.45, 2.75) is 25.3 Å². The van der Waals surface area contributed by atoms with E-state index in [1.807, 2.05) is 12.3 Å². The minimum Gasteiger partial charge on any atom is -0.361 e. The molecule has 0 saturated heterocycles. The van der Waals surface area contributed by atoms with Crippen LogP contribution in [0.4, 0.5) is 0 Å². The van der Waals surface area contributed by atoms with Crippen molar-refractivity contribution in [1.82, 2.24) is 10.3 Å². The molecule has 0 radical (unpaired) electrons. The third-order valence-electron chi connectivity index (χ3n) is 4.85. The van der Waals surface area contributed by atoms with Crippen LogP contribution in [0.2, 0.25) is 5.02 Å². The predicted octanol–water partition coefficient (Wildman–Crippen LogP) is 5.20. The summed E-state index contributed by atoms with van der Waals surface area (Å²) in [5.74, 6) is 0. The van der Waals surface area contributed by atoms with Crippen molar-refractivity contribution >= 4 is 28.1 Å². The normalized spacial score (nSPS) is 17.9. The SMILES string of the molecule is Clc1cc(CCC2CC(c3ccccc3)=CCN2)c2cc[nH]c2c1. The molecule has 24 heavy (non-hydrogen) atoms. The van der Waals surface area contributed by atoms with Gasteiger partial charge in [0.05, 0.1) is 0 Å². The van der Waals surface area contributed by atoms with Gasteiger partial charge >= 0.3 is 0 Å². The standard InChI is InChI=1S/C21H21ClN2/c22-18-12-17(20-9-11-24-21(20)14-18)6-7-19-13-16(8-10-23-19)15-4-2-1-3-5-15/h1-5,8-9,11-12,14,19,23-24H,6-7,10,13H2. The lowest BCUT2D eigenvalue weighted by molar-refractivity contribution is 0.502. The van der Waals surface area contributed by atoms with Crippen LogP contribution in [0.15, 0.2) is 60.8 Å². The maximum Gasteiger partial charge on any atom is 0.0471 e. The van der Waals surface area contributed by atoms with E-state index in [2.05, 4.69) is 58.8 Å². The maximum atomic E-state index is 6.26. The van der Waals surface area contributed by atoms with Gasteiger partial charge in [0, 0.05) is 34.7 Å². The Bertz CT molecular complexity index is 864. The van der Waals surface area contributed by atoms with E-state index >= 15 is 0 Å². The van der Waals surface area contributed by atoms with Crippen molar-refractivity contribution in [3.63, 3.8) is 0 Å². The number of benzene rings is 2. The molecular weight excluding hydrogens is 316 g/mol. The second-order valence-electron chi connectivity index (χ2n) is 6.45. The van der Waals surface area contributed by atoms with Crippen LogP contribution in [0.1, 0.15) is 24.0 Å². The zero-order valence-corrected chi connectivity index (χ0v) is 14.3. The predicted molar refractivity (Wildman–Crippen MR) is 102 cm³/mol. The Kier molecular flexibility index (Phi) is 4.42. The fourth-order valence-corrected chi connectivity index (χ4v) is 3.84. The highest BCUT2D eigenvalue weighted by atomic mass is 35.5. The molecule has 3 heteroatoms. The van der Waals surface area contributed by atoms with E-state index in [9.17, 15) is 0 Å². The molecule has 3 aromatic rings. The average molecular weight is 337 g/mol. The molecule has 1 aliphatic heterocycles. The number of H-pyrrole nitrogens is 1. The number of nitrogens with one attached hydrogen (secondary N) is 2. The molecule has 1 aliphatic rings. The molecule has 1 unspecified atom stereocenters. The van der Waals surface area contributed by atoms with Crippen molar-refractivity contribution in [2.75, 3.05) is 6.54 Å². The number of rotatable bonds is 4. The molecule has 2 nitrogen and oxygen atoms in total. The molecule has 4 rings (SSSR count). The largest absolute Gasteiger partial charge is 0.361 e. The fourth-order valence-electron chi connectivity index (χ4n) is 3.60. The van der Waals surface area contributed by atoms with Gasteiger partial charge in [-0.05, 0) is 54.2 Å². The summed E-state index contributed by atoms with van der Waals surface area (Å²) in [4.78, 5) is 3.26. The van der Waals surface area contributed by atoms with E-state index in [1.54, 1.807) is 0 Å². The Morgan fingerprint density at radius 1 is 1.08 bits per heavy atom. The van der Waals surface area contributed by atoms with Gasteiger partial charge in [-0.25, -0.2) is 0 Å². The van der Waals surface area contributed by atoms with E-state index in [1.165, 1.54) is 22.1 Å². The van der Waals surface area contributed by atoms with Gasteiger partial charge in [0.15, 0.2) is 0 Å². The molecule has 0 amide bonds. The number of hydrogen-bond acceptors (Lipinski definition) is 1. The third kappa shape index (κ3) is 3.26. The van der Waals surface area contributed by atoms with Crippen LogP contribution < -0.4 is 5.32 Å². The second-order valence-corrected chi connectivity index (χ2v) is 6.88. The smallest absolute Gasteiger partial charge is 0.0471 e. The number of aromatic nitrogens is 1. The average Bonchev–Trinajstić information content (AvgIpc) is 3.09. The molecule has 0 bridgehead atoms. The number of aryl methyl sites for hydroxylation is 1. The third-order valence-corrected chi connectivity index (χ3v) is 5.07. The van der Waals surface area contributed by atoms with Gasteiger partial charge in [-0.1, -0.05) is 48.0 Å². The van der Waals surface area contributed by atoms with Gasteiger partial charge in [0.25, 0.3) is 0 Å². The van der Waals surface area contributed by atoms with Crippen LogP contribution >= 0.6 is 11.6 Å². The monoisotopic (exact) mass is 336 g/mol. The quantitative estimate of drug-likeness (QED) is 0.673. The van der Waals surface area contributed by atoms with Gasteiger partial charge < -0.3 is 10.3 Å². The molecule has 0 fully saturated rings. The Labute approximate surface area is 147 Å². The van der Waals surface area contributed by atoms with Crippen molar-refractivity contribution in [2.24, 2.45) is 0 Å². The zero-order chi connectivity index (χ0) is 16.4. The molecule has 2 N–H and O–H groups in total. The lowest BCUT2D eigenvalue weighted by Crippen LogP contribution is -2.33. The van der Waals surface area contributed by atoms with E-state index in [-0.39, 0.29) is 0 Å². The molecule has 0 saturated carbocycles. The molecule has 0 spiro atoms. The minimum absolute atomic E-state index is 0.512. The Morgan fingerprint density at radius 3 is 2.83 bits per heavy atom. The van der Waals surface area contributed by atoms with Crippen LogP contribution in [0.25, 0.3) is 16.5 Å². The summed E-state index contributed by atoms with van der Waals surface area (Å²) in [6, 6.07) is 17.5. The molecule has 2 aromatic carbocycles. The van der Waals surface area contributed by atoms with E-state index in [0.717, 1.165) is 36.3 Å². The van der Waals surface area contributed by atoms with Crippen molar-refractivity contribution in [1.29, 1.82) is 0 Å². The maximum absolute atomic E-state index is 6.26. The topological polar surface area (TPSA) is 27.8 Å². The first-order valence-corrected chi connectivity index (χ1v) is 8.91. The number of fused-ring (bicyclic) bond motifs is 1. The van der Waals surface area contributed by atoms with Crippen LogP contribution in [0.5, 0.6) is 0 Å². The summed E-state index contributed by atoms with van der Waals surface area (Å²) in [7, 11) is 0. The highest BCUT2D eigenvalue weighted by Gasteiger charge is 2.16. The highest BCUT2D eigenvalue weighted by Crippen LogP contribution is 2.27. The number of halogens is 1. The molecule has 0 aliphatic carbocycles. The Hall–Kier alpha value is -2.03. The van der Waals surface area contributed by atoms with Crippen molar-refractivity contribution in [3.8, 4) is 0 Å². The zero-order valence-electron chi connectivity index (χ0n) is 13.6. The Balaban J connectivity index is 1.46. The van der Waals surface area contributed by atoms with Gasteiger partial charge in [-0.2, -0.15) is 0 Å². The summed E-state index contributed by atoms with van der Waals surface area (Å²) >= 11 is 6.26. The molecular formula is C21H21ClN2. The first-order valence-electron chi connectivity index (χ1n) is 8.53. The van der Waals surface area contributed by atoms with Gasteiger partial charge in [0.1, 0.15) is 0 Å². The van der Waals surface area contributed by atoms with Crippen molar-refractivity contribution in [3.05, 3.63) is 77.0 Å². The van der Waals surface area contributed by atoms with Crippen LogP contribution in [0, 0.1) is 0 Å². The summed E-state index contributed by atoms with van der Waals surface area (Å²) < 4.78 is 0. The first kappa shape index (κ1) is 15.5. The van der Waals surface area contributed by atoms with Crippen molar-refractivity contribution < 1.29 is 0 Å². The van der Waals surface area contributed by atoms with Crippen LogP contribution in [-0.2, 0) is 6.42 Å². The molecule has 2 heterocycles. The molecule has 1 atom stereocenters. The van der Waals surface area contributed by atoms with Crippen LogP contribution in [-0.4, -0.2) is 17.6 Å². The van der Waals surface area contributed by atoms with E-state index < -0.39 is 0 Å². The summed E-state index contributed by atoms with van der Waals surface area (Å²) in [6.45, 7) is 0.948. The number of hydrogen-bond donors (Lipinski definition) is 2. The van der Waals surface area contributed by atoms with Gasteiger partial charge in [0.2, 0.25) is 0 Å². The summed E-state index contributed by atoms with van der Waals surface area (Å²) in [5, 5.41) is 5.72. The summed E-state index contributed by atoms with van der Waals surface area (Å²) in [6.07, 6.45) is 7.54. The fraction of sp³-hybridized carbons (Fsp3) is 0.238. The molecule has 1 aromatic heterocycles. The lowest BCUT2D eigenvalue weighted by atomic mass is 9.92. The van der Waals surface area contributed by atoms with E-state index in [0.29, 0.717) is 6.04 Å². The lowest BCUT2D eigenvalue weighted by Gasteiger charge is -2.25. The second kappa shape index (κ2) is 6.84. The summed E-state index contributed by atoms with van der Waals surface area (Å²) in [5.41, 5.74) is 5.26. The highest BCUT2D eigenvalue weighted by molar-refractivity contribution is 6.31.